The molecule has 348 valence electrons. The summed E-state index contributed by atoms with van der Waals surface area (Å²) in [6.07, 6.45) is 19.4. The smallest absolute Gasteiger partial charge is 0.328 e. The summed E-state index contributed by atoms with van der Waals surface area (Å²) in [4.78, 5) is 55.3. The molecule has 2 aromatic rings. The first-order chi connectivity index (χ1) is 29.9. The molecular weight excluding hydrogens is 785 g/mol. The first kappa shape index (κ1) is 53.4. The zero-order valence-electron chi connectivity index (χ0n) is 38.0. The van der Waals surface area contributed by atoms with E-state index in [-0.39, 0.29) is 44.0 Å². The highest BCUT2D eigenvalue weighted by Crippen LogP contribution is 2.23. The number of amides is 3. The van der Waals surface area contributed by atoms with Gasteiger partial charge in [0.2, 0.25) is 17.7 Å². The highest BCUT2D eigenvalue weighted by atomic mass is 16.5. The van der Waals surface area contributed by atoms with E-state index in [9.17, 15) is 24.3 Å². The van der Waals surface area contributed by atoms with Crippen molar-refractivity contribution in [1.82, 2.24) is 21.3 Å². The fourth-order valence-electron chi connectivity index (χ4n) is 7.58. The zero-order chi connectivity index (χ0) is 45.5. The maximum absolute atomic E-state index is 14.2. The predicted octanol–water partition coefficient (Wildman–Crippen LogP) is 5.99. The fourth-order valence-corrected chi connectivity index (χ4v) is 7.58. The molecule has 0 radical (unpaired) electrons. The summed E-state index contributed by atoms with van der Waals surface area (Å²) in [6, 6.07) is 8.39. The van der Waals surface area contributed by atoms with Crippen molar-refractivity contribution in [3.8, 4) is 5.75 Å². The number of ether oxygens (including phenoxy) is 1. The number of esters is 1. The lowest BCUT2D eigenvalue weighted by Crippen LogP contribution is -2.58. The number of phenols is 1. The molecule has 0 aliphatic rings. The van der Waals surface area contributed by atoms with E-state index >= 15 is 0 Å². The summed E-state index contributed by atoms with van der Waals surface area (Å²) in [7, 11) is 0. The number of benzene rings is 2. The third-order valence-electron chi connectivity index (χ3n) is 11.3. The number of carbonyl (C=O) groups is 4. The van der Waals surface area contributed by atoms with Crippen molar-refractivity contribution < 1.29 is 29.0 Å². The molecule has 0 aliphatic heterocycles. The molecule has 0 fully saturated rings. The summed E-state index contributed by atoms with van der Waals surface area (Å²) in [6.45, 7) is 6.86. The van der Waals surface area contributed by atoms with Gasteiger partial charge in [0.05, 0.1) is 12.6 Å². The predicted molar refractivity (Wildman–Crippen MR) is 249 cm³/mol. The van der Waals surface area contributed by atoms with Crippen molar-refractivity contribution in [3.05, 3.63) is 64.7 Å². The Morgan fingerprint density at radius 2 is 1.21 bits per heavy atom. The van der Waals surface area contributed by atoms with Crippen LogP contribution in [-0.4, -0.2) is 78.6 Å². The average Bonchev–Trinajstić information content (AvgIpc) is 3.23. The number of rotatable bonds is 34. The third-order valence-corrected chi connectivity index (χ3v) is 11.3. The van der Waals surface area contributed by atoms with Crippen LogP contribution in [-0.2, 0) is 36.8 Å². The van der Waals surface area contributed by atoms with Gasteiger partial charge in [-0.15, -0.1) is 0 Å². The molecule has 0 saturated heterocycles. The van der Waals surface area contributed by atoms with E-state index in [0.29, 0.717) is 32.4 Å². The van der Waals surface area contributed by atoms with Gasteiger partial charge in [0.25, 0.3) is 0 Å². The highest BCUT2D eigenvalue weighted by Gasteiger charge is 2.31. The molecule has 14 nitrogen and oxygen atoms in total. The SMILES string of the molecule is CCCCCCCCCCCCCCCCOC(=O)[C@H](Cc1ccccc1)NC(=O)[C@H](CCCCN)NC(=O)[C@H](Cc1c(C)cc(O)cc1C)NC(=O)[C@H](N)CCCNC(=N)N. The maximum Gasteiger partial charge on any atom is 0.328 e. The monoisotopic (exact) mass is 865 g/mol. The molecule has 2 aromatic carbocycles. The van der Waals surface area contributed by atoms with Crippen molar-refractivity contribution in [1.29, 1.82) is 5.41 Å². The van der Waals surface area contributed by atoms with Crippen molar-refractivity contribution in [2.75, 3.05) is 19.7 Å². The molecule has 12 N–H and O–H groups in total. The molecule has 0 saturated carbocycles. The van der Waals surface area contributed by atoms with Gasteiger partial charge in [-0.1, -0.05) is 121 Å². The number of guanidine groups is 1. The lowest BCUT2D eigenvalue weighted by molar-refractivity contribution is -0.148. The molecule has 0 aliphatic carbocycles. The van der Waals surface area contributed by atoms with Crippen LogP contribution in [0, 0.1) is 19.3 Å². The van der Waals surface area contributed by atoms with E-state index in [4.69, 9.17) is 27.3 Å². The van der Waals surface area contributed by atoms with Crippen LogP contribution in [0.15, 0.2) is 42.5 Å². The first-order valence-electron chi connectivity index (χ1n) is 23.3. The summed E-state index contributed by atoms with van der Waals surface area (Å²) >= 11 is 0. The van der Waals surface area contributed by atoms with Gasteiger partial charge in [-0.2, -0.15) is 0 Å². The Bertz CT molecular complexity index is 1590. The molecule has 0 spiro atoms. The minimum atomic E-state index is -1.13. The van der Waals surface area contributed by atoms with Gasteiger partial charge in [0.15, 0.2) is 5.96 Å². The molecule has 0 unspecified atom stereocenters. The minimum absolute atomic E-state index is 0.0630. The molecule has 62 heavy (non-hydrogen) atoms. The Hall–Kier alpha value is -4.69. The van der Waals surface area contributed by atoms with Crippen LogP contribution < -0.4 is 38.5 Å². The van der Waals surface area contributed by atoms with Crippen molar-refractivity contribution in [2.24, 2.45) is 17.2 Å². The van der Waals surface area contributed by atoms with Gasteiger partial charge < -0.3 is 48.3 Å². The number of carbonyl (C=O) groups excluding carboxylic acids is 4. The van der Waals surface area contributed by atoms with Crippen LogP contribution >= 0.6 is 0 Å². The van der Waals surface area contributed by atoms with Gasteiger partial charge >= 0.3 is 5.97 Å². The molecule has 0 bridgehead atoms. The van der Waals surface area contributed by atoms with Gasteiger partial charge in [0, 0.05) is 19.4 Å². The van der Waals surface area contributed by atoms with E-state index in [1.54, 1.807) is 26.0 Å². The summed E-state index contributed by atoms with van der Waals surface area (Å²) in [5.74, 6) is -2.37. The Balaban J connectivity index is 2.11. The Morgan fingerprint density at radius 3 is 1.77 bits per heavy atom. The van der Waals surface area contributed by atoms with Crippen LogP contribution in [0.25, 0.3) is 0 Å². The standard InChI is InChI=1S/C48H80N8O6/c1-4-5-6-7-8-9-10-11-12-13-14-15-16-22-30-62-47(61)43(33-37-24-18-17-19-25-37)56-45(59)41(27-20-21-28-49)54-46(60)42(34-39-35(2)31-38(57)32-36(39)3)55-44(58)40(50)26-23-29-53-48(51)52/h17-19,24-25,31-32,40-43,57H,4-16,20-23,26-30,33-34,49-50H2,1-3H3,(H,54,60)(H,55,58)(H,56,59)(H4,51,52,53)/t40-,41+,42+,43+/m1/s1. The van der Waals surface area contributed by atoms with Crippen molar-refractivity contribution in [3.63, 3.8) is 0 Å². The Morgan fingerprint density at radius 1 is 0.677 bits per heavy atom. The van der Waals surface area contributed by atoms with Gasteiger partial charge in [-0.25, -0.2) is 4.79 Å². The lowest BCUT2D eigenvalue weighted by atomic mass is 9.95. The molecule has 0 heterocycles. The Kier molecular flexibility index (Phi) is 27.6. The van der Waals surface area contributed by atoms with E-state index in [1.807, 2.05) is 30.3 Å². The second-order valence-corrected chi connectivity index (χ2v) is 16.8. The van der Waals surface area contributed by atoms with E-state index in [2.05, 4.69) is 28.2 Å². The van der Waals surface area contributed by atoms with Gasteiger partial charge in [-0.05, 0) is 93.3 Å². The summed E-state index contributed by atoms with van der Waals surface area (Å²) in [5.41, 5.74) is 20.4. The van der Waals surface area contributed by atoms with Crippen LogP contribution in [0.2, 0.25) is 0 Å². The number of nitrogens with two attached hydrogens (primary N) is 3. The minimum Gasteiger partial charge on any atom is -0.508 e. The highest BCUT2D eigenvalue weighted by molar-refractivity contribution is 5.94. The molecule has 2 rings (SSSR count). The second-order valence-electron chi connectivity index (χ2n) is 16.8. The third kappa shape index (κ3) is 23.0. The fraction of sp³-hybridized carbons (Fsp3) is 0.646. The van der Waals surface area contributed by atoms with Crippen LogP contribution in [0.5, 0.6) is 5.75 Å². The number of hydrogen-bond donors (Lipinski definition) is 9. The van der Waals surface area contributed by atoms with E-state index in [0.717, 1.165) is 41.5 Å². The van der Waals surface area contributed by atoms with E-state index < -0.39 is 47.9 Å². The summed E-state index contributed by atoms with van der Waals surface area (Å²) in [5, 5.41) is 28.7. The molecular formula is C48H80N8O6. The molecule has 14 heteroatoms. The first-order valence-corrected chi connectivity index (χ1v) is 23.3. The lowest BCUT2D eigenvalue weighted by Gasteiger charge is -2.26. The zero-order valence-corrected chi connectivity index (χ0v) is 38.0. The normalized spacial score (nSPS) is 13.0. The maximum atomic E-state index is 14.2. The number of nitrogens with one attached hydrogen (secondary N) is 5. The van der Waals surface area contributed by atoms with Crippen LogP contribution in [0.1, 0.15) is 151 Å². The van der Waals surface area contributed by atoms with Crippen LogP contribution in [0.3, 0.4) is 0 Å². The molecule has 4 atom stereocenters. The van der Waals surface area contributed by atoms with Gasteiger partial charge in [-0.3, -0.25) is 19.8 Å². The second kappa shape index (κ2) is 32.1. The Labute approximate surface area is 371 Å². The van der Waals surface area contributed by atoms with Crippen LogP contribution in [0.4, 0.5) is 0 Å². The quantitative estimate of drug-likeness (QED) is 0.0172. The number of phenolic OH excluding ortho intramolecular Hbond substituents is 1. The average molecular weight is 865 g/mol. The topological polar surface area (TPSA) is 248 Å². The molecule has 3 amide bonds. The van der Waals surface area contributed by atoms with Crippen molar-refractivity contribution in [2.45, 2.75) is 180 Å². The van der Waals surface area contributed by atoms with Crippen molar-refractivity contribution >= 4 is 29.7 Å². The molecule has 0 aromatic heterocycles. The number of unbranched alkanes of at least 4 members (excludes halogenated alkanes) is 14. The number of hydrogen-bond acceptors (Lipinski definition) is 9. The number of aromatic hydroxyl groups is 1. The largest absolute Gasteiger partial charge is 0.508 e. The van der Waals surface area contributed by atoms with E-state index in [1.165, 1.54) is 70.6 Å². The van der Waals surface area contributed by atoms with Gasteiger partial charge in [0.1, 0.15) is 23.9 Å². The summed E-state index contributed by atoms with van der Waals surface area (Å²) < 4.78 is 5.74. The number of aryl methyl sites for hydroxylation is 2.